The van der Waals surface area contributed by atoms with E-state index in [0.717, 1.165) is 0 Å². The highest BCUT2D eigenvalue weighted by atomic mass is 35.5. The minimum atomic E-state index is -0.913. The molecule has 126 valence electrons. The van der Waals surface area contributed by atoms with E-state index in [1.54, 1.807) is 25.3 Å². The van der Waals surface area contributed by atoms with Crippen LogP contribution >= 0.6 is 12.4 Å². The van der Waals surface area contributed by atoms with Crippen LogP contribution in [-0.2, 0) is 11.2 Å². The van der Waals surface area contributed by atoms with Gasteiger partial charge in [-0.25, -0.2) is 4.39 Å². The monoisotopic (exact) mass is 342 g/mol. The number of nitrogens with two attached hydrogens (primary N) is 1. The third-order valence-electron chi connectivity index (χ3n) is 3.75. The molecular formula is C16H20ClFN2O3. The molecule has 3 N–H and O–H groups in total. The van der Waals surface area contributed by atoms with E-state index >= 15 is 0 Å². The number of pyridine rings is 1. The minimum absolute atomic E-state index is 0. The number of methoxy groups -OCH3 is 1. The predicted molar refractivity (Wildman–Crippen MR) is 88.6 cm³/mol. The maximum atomic E-state index is 14.1. The molecule has 1 heterocycles. The topological polar surface area (TPSA) is 85.4 Å². The van der Waals surface area contributed by atoms with Crippen LogP contribution in [0.5, 0.6) is 5.75 Å². The summed E-state index contributed by atoms with van der Waals surface area (Å²) in [5.74, 6) is -1.26. The van der Waals surface area contributed by atoms with Crippen LogP contribution in [0, 0.1) is 11.7 Å². The van der Waals surface area contributed by atoms with Gasteiger partial charge in [-0.3, -0.25) is 9.78 Å². The fourth-order valence-corrected chi connectivity index (χ4v) is 2.45. The molecule has 0 radical (unpaired) electrons. The van der Waals surface area contributed by atoms with Crippen LogP contribution in [0.3, 0.4) is 0 Å². The lowest BCUT2D eigenvalue weighted by Crippen LogP contribution is -2.23. The Morgan fingerprint density at radius 2 is 2.22 bits per heavy atom. The van der Waals surface area contributed by atoms with Crippen LogP contribution in [0.15, 0.2) is 24.4 Å². The summed E-state index contributed by atoms with van der Waals surface area (Å²) in [5, 5.41) is 9.68. The number of rotatable bonds is 7. The van der Waals surface area contributed by atoms with Crippen molar-refractivity contribution in [1.82, 2.24) is 4.98 Å². The first-order chi connectivity index (χ1) is 10.6. The normalized spacial score (nSPS) is 11.8. The zero-order valence-electron chi connectivity index (χ0n) is 12.8. The van der Waals surface area contributed by atoms with Crippen molar-refractivity contribution in [2.24, 2.45) is 11.7 Å². The van der Waals surface area contributed by atoms with Crippen LogP contribution in [0.1, 0.15) is 18.4 Å². The number of aromatic nitrogens is 1. The van der Waals surface area contributed by atoms with E-state index < -0.39 is 11.9 Å². The summed E-state index contributed by atoms with van der Waals surface area (Å²) in [7, 11) is 1.55. The first-order valence-corrected chi connectivity index (χ1v) is 7.10. The standard InChI is InChI=1S/C16H19FN2O3.ClH/c1-22-11-5-6-15-13(7-11)12(14(17)9-19-15)4-2-3-10(8-18)16(20)21;/h5-7,9-10H,2-4,8,18H2,1H3,(H,20,21);1H. The number of nitrogens with zero attached hydrogens (tertiary/aromatic N) is 1. The molecule has 0 amide bonds. The van der Waals surface area contributed by atoms with Crippen molar-refractivity contribution in [2.45, 2.75) is 19.3 Å². The fourth-order valence-electron chi connectivity index (χ4n) is 2.45. The second-order valence-corrected chi connectivity index (χ2v) is 5.13. The van der Waals surface area contributed by atoms with Gasteiger partial charge in [0.25, 0.3) is 0 Å². The number of ether oxygens (including phenoxy) is 1. The fraction of sp³-hybridized carbons (Fsp3) is 0.375. The van der Waals surface area contributed by atoms with Crippen molar-refractivity contribution in [3.63, 3.8) is 0 Å². The van der Waals surface area contributed by atoms with Crippen molar-refractivity contribution in [3.05, 3.63) is 35.8 Å². The van der Waals surface area contributed by atoms with Crippen molar-refractivity contribution in [3.8, 4) is 5.75 Å². The number of halogens is 2. The molecule has 23 heavy (non-hydrogen) atoms. The first kappa shape index (κ1) is 19.1. The van der Waals surface area contributed by atoms with Gasteiger partial charge in [0, 0.05) is 11.9 Å². The summed E-state index contributed by atoms with van der Waals surface area (Å²) in [6.45, 7) is 0.0860. The van der Waals surface area contributed by atoms with Gasteiger partial charge in [-0.05, 0) is 43.0 Å². The molecule has 1 atom stereocenters. The Hall–Kier alpha value is -1.92. The number of carboxylic acid groups (broad SMARTS) is 1. The number of aryl methyl sites for hydroxylation is 1. The summed E-state index contributed by atoms with van der Waals surface area (Å²) in [6, 6.07) is 5.29. The number of carboxylic acids is 1. The van der Waals surface area contributed by atoms with Crippen LogP contribution in [0.2, 0.25) is 0 Å². The van der Waals surface area contributed by atoms with E-state index in [0.29, 0.717) is 41.5 Å². The lowest BCUT2D eigenvalue weighted by molar-refractivity contribution is -0.141. The maximum absolute atomic E-state index is 14.1. The quantitative estimate of drug-likeness (QED) is 0.808. The molecule has 0 fully saturated rings. The van der Waals surface area contributed by atoms with Crippen LogP contribution in [0.4, 0.5) is 4.39 Å². The molecule has 7 heteroatoms. The van der Waals surface area contributed by atoms with Gasteiger partial charge in [0.05, 0.1) is 24.7 Å². The highest BCUT2D eigenvalue weighted by molar-refractivity contribution is 5.85. The number of fused-ring (bicyclic) bond motifs is 1. The lowest BCUT2D eigenvalue weighted by atomic mass is 9.97. The second-order valence-electron chi connectivity index (χ2n) is 5.13. The summed E-state index contributed by atoms with van der Waals surface area (Å²) < 4.78 is 19.2. The van der Waals surface area contributed by atoms with Crippen molar-refractivity contribution in [1.29, 1.82) is 0 Å². The molecule has 0 aliphatic carbocycles. The van der Waals surface area contributed by atoms with Gasteiger partial charge in [0.2, 0.25) is 0 Å². The molecular weight excluding hydrogens is 323 g/mol. The summed E-state index contributed by atoms with van der Waals surface area (Å²) in [5.41, 5.74) is 6.65. The summed E-state index contributed by atoms with van der Waals surface area (Å²) in [4.78, 5) is 15.0. The molecule has 1 aromatic heterocycles. The Bertz CT molecular complexity index is 682. The van der Waals surface area contributed by atoms with Crippen LogP contribution < -0.4 is 10.5 Å². The highest BCUT2D eigenvalue weighted by Gasteiger charge is 2.16. The molecule has 0 spiro atoms. The van der Waals surface area contributed by atoms with E-state index in [4.69, 9.17) is 15.6 Å². The van der Waals surface area contributed by atoms with E-state index in [1.807, 2.05) is 0 Å². The van der Waals surface area contributed by atoms with Gasteiger partial charge in [-0.1, -0.05) is 0 Å². The summed E-state index contributed by atoms with van der Waals surface area (Å²) in [6.07, 6.45) is 2.59. The molecule has 2 rings (SSSR count). The zero-order chi connectivity index (χ0) is 16.1. The smallest absolute Gasteiger partial charge is 0.307 e. The Balaban J connectivity index is 0.00000264. The molecule has 5 nitrogen and oxygen atoms in total. The molecule has 0 saturated heterocycles. The maximum Gasteiger partial charge on any atom is 0.307 e. The molecule has 2 aromatic rings. The van der Waals surface area contributed by atoms with Gasteiger partial charge < -0.3 is 15.6 Å². The van der Waals surface area contributed by atoms with Crippen molar-refractivity contribution in [2.75, 3.05) is 13.7 Å². The highest BCUT2D eigenvalue weighted by Crippen LogP contribution is 2.26. The lowest BCUT2D eigenvalue weighted by Gasteiger charge is -2.11. The summed E-state index contributed by atoms with van der Waals surface area (Å²) >= 11 is 0. The number of hydrogen-bond donors (Lipinski definition) is 2. The number of benzene rings is 1. The van der Waals surface area contributed by atoms with Crippen molar-refractivity contribution >= 4 is 29.3 Å². The van der Waals surface area contributed by atoms with E-state index in [1.165, 1.54) is 6.20 Å². The predicted octanol–water partition coefficient (Wildman–Crippen LogP) is 2.79. The minimum Gasteiger partial charge on any atom is -0.497 e. The second kappa shape index (κ2) is 8.64. The van der Waals surface area contributed by atoms with E-state index in [9.17, 15) is 9.18 Å². The van der Waals surface area contributed by atoms with Crippen LogP contribution in [-0.4, -0.2) is 29.7 Å². The number of carbonyl (C=O) groups is 1. The Kier molecular flexibility index (Phi) is 7.19. The average molecular weight is 343 g/mol. The van der Waals surface area contributed by atoms with E-state index in [-0.39, 0.29) is 24.8 Å². The SMILES string of the molecule is COc1ccc2ncc(F)c(CCCC(CN)C(=O)O)c2c1.Cl. The van der Waals surface area contributed by atoms with E-state index in [2.05, 4.69) is 4.98 Å². The Labute approximate surface area is 140 Å². The molecule has 0 saturated carbocycles. The first-order valence-electron chi connectivity index (χ1n) is 7.10. The van der Waals surface area contributed by atoms with Gasteiger partial charge >= 0.3 is 5.97 Å². The number of aliphatic carboxylic acids is 1. The third kappa shape index (κ3) is 4.53. The molecule has 0 bridgehead atoms. The Morgan fingerprint density at radius 3 is 2.83 bits per heavy atom. The molecule has 0 aliphatic rings. The largest absolute Gasteiger partial charge is 0.497 e. The van der Waals surface area contributed by atoms with Gasteiger partial charge in [0.15, 0.2) is 0 Å². The van der Waals surface area contributed by atoms with Gasteiger partial charge in [-0.2, -0.15) is 0 Å². The zero-order valence-corrected chi connectivity index (χ0v) is 13.6. The number of hydrogen-bond acceptors (Lipinski definition) is 4. The molecule has 0 aliphatic heterocycles. The van der Waals surface area contributed by atoms with Crippen LogP contribution in [0.25, 0.3) is 10.9 Å². The van der Waals surface area contributed by atoms with Gasteiger partial charge in [-0.15, -0.1) is 12.4 Å². The van der Waals surface area contributed by atoms with Crippen molar-refractivity contribution < 1.29 is 19.0 Å². The molecule has 1 aromatic carbocycles. The van der Waals surface area contributed by atoms with Gasteiger partial charge in [0.1, 0.15) is 11.6 Å². The average Bonchev–Trinajstić information content (AvgIpc) is 2.52. The Morgan fingerprint density at radius 1 is 1.48 bits per heavy atom. The molecule has 1 unspecified atom stereocenters. The third-order valence-corrected chi connectivity index (χ3v) is 3.75.